The second-order valence-electron chi connectivity index (χ2n) is 6.91. The number of nitrogens with one attached hydrogen (secondary N) is 3. The van der Waals surface area contributed by atoms with E-state index in [0.717, 1.165) is 11.8 Å². The molecule has 4 rings (SSSR count). The minimum absolute atomic E-state index is 0.0839. The predicted octanol–water partition coefficient (Wildman–Crippen LogP) is 4.09. The van der Waals surface area contributed by atoms with Gasteiger partial charge < -0.3 is 20.9 Å². The molecule has 0 bridgehead atoms. The number of fused-ring (bicyclic) bond motifs is 1. The minimum Gasteiger partial charge on any atom is -0.375 e. The van der Waals surface area contributed by atoms with Gasteiger partial charge >= 0.3 is 6.18 Å². The molecule has 29 heavy (non-hydrogen) atoms. The molecule has 6 nitrogen and oxygen atoms in total. The number of allylic oxidation sites excluding steroid dienone is 2. The lowest BCUT2D eigenvalue weighted by Crippen LogP contribution is -2.22. The van der Waals surface area contributed by atoms with Gasteiger partial charge in [-0.05, 0) is 36.0 Å². The van der Waals surface area contributed by atoms with Crippen molar-refractivity contribution in [2.45, 2.75) is 12.6 Å². The Bertz CT molecular complexity index is 1030. The third-order valence-electron chi connectivity index (χ3n) is 4.57. The second kappa shape index (κ2) is 7.16. The Morgan fingerprint density at radius 1 is 1.21 bits per heavy atom. The number of carbonyl (C=O) groups excluding carboxylic acids is 1. The predicted molar refractivity (Wildman–Crippen MR) is 105 cm³/mol. The quantitative estimate of drug-likeness (QED) is 0.720. The average Bonchev–Trinajstić information content (AvgIpc) is 3.00. The van der Waals surface area contributed by atoms with Crippen LogP contribution in [0.5, 0.6) is 0 Å². The van der Waals surface area contributed by atoms with E-state index >= 15 is 0 Å². The van der Waals surface area contributed by atoms with Gasteiger partial charge in [0.05, 0.1) is 24.2 Å². The van der Waals surface area contributed by atoms with Gasteiger partial charge in [0.1, 0.15) is 5.82 Å². The molecule has 1 aromatic carbocycles. The Balaban J connectivity index is 1.62. The summed E-state index contributed by atoms with van der Waals surface area (Å²) in [6.45, 7) is 0.462. The number of pyridine rings is 1. The second-order valence-corrected chi connectivity index (χ2v) is 6.91. The Morgan fingerprint density at radius 3 is 2.79 bits per heavy atom. The van der Waals surface area contributed by atoms with Crippen molar-refractivity contribution in [3.05, 3.63) is 65.6 Å². The fraction of sp³-hybridized carbons (Fsp3) is 0.200. The third-order valence-corrected chi connectivity index (χ3v) is 4.57. The lowest BCUT2D eigenvalue weighted by Gasteiger charge is -2.23. The van der Waals surface area contributed by atoms with E-state index in [-0.39, 0.29) is 17.4 Å². The zero-order valence-corrected chi connectivity index (χ0v) is 15.5. The first-order valence-corrected chi connectivity index (χ1v) is 8.89. The Morgan fingerprint density at radius 2 is 2.03 bits per heavy atom. The Kier molecular flexibility index (Phi) is 4.65. The number of hydrogen-bond acceptors (Lipinski definition) is 5. The summed E-state index contributed by atoms with van der Waals surface area (Å²) in [4.78, 5) is 17.3. The average molecular weight is 401 g/mol. The maximum atomic E-state index is 13.4. The highest BCUT2D eigenvalue weighted by molar-refractivity contribution is 5.99. The standard InChI is InChI=1S/C20H18F3N5O/c1-28-6-2-3-14(11-28)25-17-9-18(24-10-15(17)20(21,22)23)26-13-5-4-12-7-19(29)27-16(12)8-13/h2-6,8-10H,7,11H2,1H3,(H,27,29)(H2,24,25,26). The summed E-state index contributed by atoms with van der Waals surface area (Å²) < 4.78 is 40.3. The van der Waals surface area contributed by atoms with Gasteiger partial charge in [0.25, 0.3) is 0 Å². The normalized spacial score (nSPS) is 15.7. The molecule has 0 unspecified atom stereocenters. The van der Waals surface area contributed by atoms with Gasteiger partial charge in [-0.2, -0.15) is 13.2 Å². The number of carbonyl (C=O) groups is 1. The third kappa shape index (κ3) is 4.18. The lowest BCUT2D eigenvalue weighted by molar-refractivity contribution is -0.137. The molecule has 0 radical (unpaired) electrons. The molecule has 3 N–H and O–H groups in total. The molecule has 0 saturated heterocycles. The van der Waals surface area contributed by atoms with E-state index in [1.54, 1.807) is 30.4 Å². The van der Waals surface area contributed by atoms with Crippen molar-refractivity contribution in [1.82, 2.24) is 9.88 Å². The zero-order valence-electron chi connectivity index (χ0n) is 15.5. The molecule has 1 aromatic heterocycles. The summed E-state index contributed by atoms with van der Waals surface area (Å²) in [5.41, 5.74) is 1.89. The van der Waals surface area contributed by atoms with Crippen LogP contribution >= 0.6 is 0 Å². The van der Waals surface area contributed by atoms with E-state index in [1.807, 2.05) is 18.1 Å². The van der Waals surface area contributed by atoms with Crippen LogP contribution in [0, 0.1) is 0 Å². The summed E-state index contributed by atoms with van der Waals surface area (Å²) in [6.07, 6.45) is 1.92. The molecule has 9 heteroatoms. The molecule has 1 amide bonds. The molecule has 0 saturated carbocycles. The summed E-state index contributed by atoms with van der Waals surface area (Å²) in [7, 11) is 1.84. The van der Waals surface area contributed by atoms with E-state index in [1.165, 1.54) is 6.07 Å². The number of likely N-dealkylation sites (N-methyl/N-ethyl adjacent to an activating group) is 1. The van der Waals surface area contributed by atoms with E-state index in [0.29, 0.717) is 30.0 Å². The van der Waals surface area contributed by atoms with Gasteiger partial charge in [0, 0.05) is 36.4 Å². The number of benzene rings is 1. The fourth-order valence-corrected chi connectivity index (χ4v) is 3.23. The van der Waals surface area contributed by atoms with Gasteiger partial charge in [0.15, 0.2) is 0 Å². The number of halogens is 3. The molecule has 0 aliphatic carbocycles. The zero-order chi connectivity index (χ0) is 20.6. The van der Waals surface area contributed by atoms with Crippen LogP contribution in [0.25, 0.3) is 0 Å². The van der Waals surface area contributed by atoms with Crippen molar-refractivity contribution in [2.24, 2.45) is 0 Å². The first-order valence-electron chi connectivity index (χ1n) is 8.89. The largest absolute Gasteiger partial charge is 0.419 e. The van der Waals surface area contributed by atoms with E-state index in [4.69, 9.17) is 0 Å². The van der Waals surface area contributed by atoms with Crippen LogP contribution in [0.15, 0.2) is 54.5 Å². The van der Waals surface area contributed by atoms with E-state index in [9.17, 15) is 18.0 Å². The number of nitrogens with zero attached hydrogens (tertiary/aromatic N) is 2. The molecule has 0 fully saturated rings. The first kappa shape index (κ1) is 18.9. The van der Waals surface area contributed by atoms with E-state index in [2.05, 4.69) is 20.9 Å². The molecule has 0 spiro atoms. The van der Waals surface area contributed by atoms with Crippen LogP contribution in [0.4, 0.5) is 36.1 Å². The van der Waals surface area contributed by atoms with Gasteiger partial charge in [-0.25, -0.2) is 4.98 Å². The highest BCUT2D eigenvalue weighted by atomic mass is 19.4. The highest BCUT2D eigenvalue weighted by Crippen LogP contribution is 2.37. The maximum Gasteiger partial charge on any atom is 0.419 e. The molecule has 150 valence electrons. The van der Waals surface area contributed by atoms with Gasteiger partial charge in [-0.3, -0.25) is 4.79 Å². The van der Waals surface area contributed by atoms with Crippen LogP contribution in [-0.2, 0) is 17.4 Å². The monoisotopic (exact) mass is 401 g/mol. The Labute approximate surface area is 165 Å². The molecular formula is C20H18F3N5O. The van der Waals surface area contributed by atoms with Crippen molar-refractivity contribution in [3.8, 4) is 0 Å². The minimum atomic E-state index is -4.54. The summed E-state index contributed by atoms with van der Waals surface area (Å²) in [5.74, 6) is 0.168. The fourth-order valence-electron chi connectivity index (χ4n) is 3.23. The van der Waals surface area contributed by atoms with Crippen LogP contribution in [0.3, 0.4) is 0 Å². The van der Waals surface area contributed by atoms with Gasteiger partial charge in [0.2, 0.25) is 5.91 Å². The SMILES string of the molecule is CN1C=CC=C(Nc2cc(Nc3ccc4c(c3)NC(=O)C4)ncc2C(F)(F)F)C1. The topological polar surface area (TPSA) is 69.3 Å². The number of alkyl halides is 3. The maximum absolute atomic E-state index is 13.4. The number of aromatic nitrogens is 1. The van der Waals surface area contributed by atoms with Crippen LogP contribution in [0.1, 0.15) is 11.1 Å². The highest BCUT2D eigenvalue weighted by Gasteiger charge is 2.34. The van der Waals surface area contributed by atoms with E-state index < -0.39 is 11.7 Å². The van der Waals surface area contributed by atoms with Crippen LogP contribution < -0.4 is 16.0 Å². The van der Waals surface area contributed by atoms with Crippen molar-refractivity contribution in [1.29, 1.82) is 0 Å². The number of amides is 1. The molecule has 2 aromatic rings. The number of rotatable bonds is 4. The van der Waals surface area contributed by atoms with Crippen molar-refractivity contribution in [2.75, 3.05) is 29.5 Å². The van der Waals surface area contributed by atoms with Crippen LogP contribution in [0.2, 0.25) is 0 Å². The molecule has 0 atom stereocenters. The first-order chi connectivity index (χ1) is 13.8. The Hall–Kier alpha value is -3.49. The molecule has 3 heterocycles. The summed E-state index contributed by atoms with van der Waals surface area (Å²) >= 11 is 0. The van der Waals surface area contributed by atoms with Gasteiger partial charge in [-0.1, -0.05) is 6.07 Å². The molecular weight excluding hydrogens is 383 g/mol. The van der Waals surface area contributed by atoms with Crippen molar-refractivity contribution < 1.29 is 18.0 Å². The molecule has 2 aliphatic rings. The van der Waals surface area contributed by atoms with Crippen molar-refractivity contribution >= 4 is 28.8 Å². The van der Waals surface area contributed by atoms with Crippen LogP contribution in [-0.4, -0.2) is 29.4 Å². The van der Waals surface area contributed by atoms with Gasteiger partial charge in [-0.15, -0.1) is 0 Å². The summed E-state index contributed by atoms with van der Waals surface area (Å²) in [6, 6.07) is 6.62. The number of anilines is 4. The number of hydrogen-bond donors (Lipinski definition) is 3. The lowest BCUT2D eigenvalue weighted by atomic mass is 10.1. The van der Waals surface area contributed by atoms with Crippen molar-refractivity contribution in [3.63, 3.8) is 0 Å². The molecule has 2 aliphatic heterocycles. The smallest absolute Gasteiger partial charge is 0.375 e. The summed E-state index contributed by atoms with van der Waals surface area (Å²) in [5, 5.41) is 8.61.